The van der Waals surface area contributed by atoms with Gasteiger partial charge in [0.05, 0.1) is 0 Å². The van der Waals surface area contributed by atoms with Gasteiger partial charge in [0.2, 0.25) is 0 Å². The van der Waals surface area contributed by atoms with Gasteiger partial charge < -0.3 is 11.1 Å². The lowest BCUT2D eigenvalue weighted by molar-refractivity contribution is 0.0957. The number of aromatic nitrogens is 2. The van der Waals surface area contributed by atoms with Crippen LogP contribution in [0.2, 0.25) is 0 Å². The number of benzene rings is 1. The van der Waals surface area contributed by atoms with E-state index in [9.17, 15) is 9.18 Å². The summed E-state index contributed by atoms with van der Waals surface area (Å²) in [7, 11) is 1.51. The van der Waals surface area contributed by atoms with Crippen molar-refractivity contribution in [2.24, 2.45) is 5.73 Å². The van der Waals surface area contributed by atoms with E-state index in [1.165, 1.54) is 30.1 Å². The number of carbonyl (C=O) groups is 1. The zero-order valence-corrected chi connectivity index (χ0v) is 9.85. The summed E-state index contributed by atoms with van der Waals surface area (Å²) < 4.78 is 15.1. The van der Waals surface area contributed by atoms with Crippen molar-refractivity contribution in [3.05, 3.63) is 47.5 Å². The van der Waals surface area contributed by atoms with Gasteiger partial charge in [-0.25, -0.2) is 9.07 Å². The molecular formula is C12H13FN4O. The van der Waals surface area contributed by atoms with Gasteiger partial charge in [-0.15, -0.1) is 0 Å². The molecule has 6 heteroatoms. The molecule has 0 radical (unpaired) electrons. The second-order valence-corrected chi connectivity index (χ2v) is 3.71. The Balaban J connectivity index is 2.37. The minimum absolute atomic E-state index is 0.236. The van der Waals surface area contributed by atoms with E-state index in [1.54, 1.807) is 12.1 Å². The fourth-order valence-corrected chi connectivity index (χ4v) is 1.57. The van der Waals surface area contributed by atoms with E-state index in [0.29, 0.717) is 5.56 Å². The van der Waals surface area contributed by atoms with E-state index < -0.39 is 5.82 Å². The van der Waals surface area contributed by atoms with Gasteiger partial charge in [-0.3, -0.25) is 4.79 Å². The van der Waals surface area contributed by atoms with Crippen molar-refractivity contribution in [2.45, 2.75) is 6.54 Å². The Kier molecular flexibility index (Phi) is 3.38. The third kappa shape index (κ3) is 2.23. The van der Waals surface area contributed by atoms with Crippen molar-refractivity contribution < 1.29 is 9.18 Å². The van der Waals surface area contributed by atoms with E-state index in [-0.39, 0.29) is 23.8 Å². The van der Waals surface area contributed by atoms with Crippen LogP contribution in [0.1, 0.15) is 16.1 Å². The van der Waals surface area contributed by atoms with Crippen LogP contribution in [0.5, 0.6) is 0 Å². The Morgan fingerprint density at radius 1 is 1.50 bits per heavy atom. The summed E-state index contributed by atoms with van der Waals surface area (Å²) in [5.74, 6) is -0.739. The van der Waals surface area contributed by atoms with Gasteiger partial charge in [-0.2, -0.15) is 5.10 Å². The molecule has 0 aliphatic carbocycles. The van der Waals surface area contributed by atoms with Crippen LogP contribution in [0.15, 0.2) is 30.5 Å². The van der Waals surface area contributed by atoms with Crippen molar-refractivity contribution in [1.82, 2.24) is 15.1 Å². The molecule has 0 saturated carbocycles. The first-order valence-corrected chi connectivity index (χ1v) is 5.42. The second kappa shape index (κ2) is 4.97. The molecule has 0 atom stereocenters. The summed E-state index contributed by atoms with van der Waals surface area (Å²) in [6, 6.07) is 6.18. The van der Waals surface area contributed by atoms with Gasteiger partial charge in [-0.1, -0.05) is 6.07 Å². The summed E-state index contributed by atoms with van der Waals surface area (Å²) in [6.45, 7) is 0.278. The smallest absolute Gasteiger partial charge is 0.271 e. The predicted molar refractivity (Wildman–Crippen MR) is 64.8 cm³/mol. The molecule has 1 aromatic heterocycles. The lowest BCUT2D eigenvalue weighted by Crippen LogP contribution is -2.18. The number of halogens is 1. The molecule has 1 amide bonds. The topological polar surface area (TPSA) is 72.9 Å². The molecule has 5 nitrogen and oxygen atoms in total. The lowest BCUT2D eigenvalue weighted by atomic mass is 10.2. The van der Waals surface area contributed by atoms with Crippen LogP contribution in [0, 0.1) is 5.82 Å². The Labute approximate surface area is 103 Å². The summed E-state index contributed by atoms with van der Waals surface area (Å²) in [4.78, 5) is 11.3. The second-order valence-electron chi connectivity index (χ2n) is 3.71. The fourth-order valence-electron chi connectivity index (χ4n) is 1.57. The molecule has 0 saturated heterocycles. The van der Waals surface area contributed by atoms with Gasteiger partial charge in [0.25, 0.3) is 5.91 Å². The van der Waals surface area contributed by atoms with Gasteiger partial charge in [0, 0.05) is 19.8 Å². The molecule has 0 aliphatic rings. The normalized spacial score (nSPS) is 10.4. The van der Waals surface area contributed by atoms with Gasteiger partial charge in [0.15, 0.2) is 5.69 Å². The van der Waals surface area contributed by atoms with Crippen LogP contribution in [-0.4, -0.2) is 22.7 Å². The summed E-state index contributed by atoms with van der Waals surface area (Å²) >= 11 is 0. The summed E-state index contributed by atoms with van der Waals surface area (Å²) in [5, 5.41) is 6.45. The SMILES string of the molecule is CNC(=O)c1ccn(-c2ccc(CN)cc2F)n1. The molecule has 0 fully saturated rings. The first-order valence-electron chi connectivity index (χ1n) is 5.42. The van der Waals surface area contributed by atoms with E-state index in [1.807, 2.05) is 0 Å². The minimum atomic E-state index is -0.426. The van der Waals surface area contributed by atoms with Crippen molar-refractivity contribution in [3.8, 4) is 5.69 Å². The first-order chi connectivity index (χ1) is 8.65. The molecule has 0 aliphatic heterocycles. The highest BCUT2D eigenvalue weighted by atomic mass is 19.1. The number of hydrogen-bond acceptors (Lipinski definition) is 3. The maximum absolute atomic E-state index is 13.8. The summed E-state index contributed by atoms with van der Waals surface area (Å²) in [6.07, 6.45) is 1.53. The molecular weight excluding hydrogens is 235 g/mol. The molecule has 1 aromatic carbocycles. The van der Waals surface area contributed by atoms with Gasteiger partial charge in [-0.05, 0) is 23.8 Å². The van der Waals surface area contributed by atoms with E-state index in [0.717, 1.165) is 0 Å². The maximum atomic E-state index is 13.8. The number of hydrogen-bond donors (Lipinski definition) is 2. The van der Waals surface area contributed by atoms with E-state index in [4.69, 9.17) is 5.73 Å². The molecule has 1 heterocycles. The van der Waals surface area contributed by atoms with Crippen LogP contribution >= 0.6 is 0 Å². The van der Waals surface area contributed by atoms with Crippen molar-refractivity contribution >= 4 is 5.91 Å². The predicted octanol–water partition coefficient (Wildman–Crippen LogP) is 0.830. The number of nitrogens with zero attached hydrogens (tertiary/aromatic N) is 2. The van der Waals surface area contributed by atoms with Gasteiger partial charge >= 0.3 is 0 Å². The average molecular weight is 248 g/mol. The highest BCUT2D eigenvalue weighted by Crippen LogP contribution is 2.14. The molecule has 0 spiro atoms. The Morgan fingerprint density at radius 3 is 2.89 bits per heavy atom. The Hall–Kier alpha value is -2.21. The van der Waals surface area contributed by atoms with Gasteiger partial charge in [0.1, 0.15) is 11.5 Å². The van der Waals surface area contributed by atoms with E-state index >= 15 is 0 Å². The van der Waals surface area contributed by atoms with E-state index in [2.05, 4.69) is 10.4 Å². The molecule has 2 aromatic rings. The standard InChI is InChI=1S/C12H13FN4O/c1-15-12(18)10-4-5-17(16-10)11-3-2-8(7-14)6-9(11)13/h2-6H,7,14H2,1H3,(H,15,18). The third-order valence-electron chi connectivity index (χ3n) is 2.54. The molecule has 0 unspecified atom stereocenters. The van der Waals surface area contributed by atoms with Crippen molar-refractivity contribution in [3.63, 3.8) is 0 Å². The highest BCUT2D eigenvalue weighted by molar-refractivity contribution is 5.91. The maximum Gasteiger partial charge on any atom is 0.271 e. The Morgan fingerprint density at radius 2 is 2.28 bits per heavy atom. The monoisotopic (exact) mass is 248 g/mol. The molecule has 2 rings (SSSR count). The molecule has 3 N–H and O–H groups in total. The van der Waals surface area contributed by atoms with Crippen LogP contribution < -0.4 is 11.1 Å². The number of amides is 1. The molecule has 18 heavy (non-hydrogen) atoms. The number of nitrogens with two attached hydrogens (primary N) is 1. The average Bonchev–Trinajstić information content (AvgIpc) is 2.87. The third-order valence-corrected chi connectivity index (χ3v) is 2.54. The van der Waals surface area contributed by atoms with Crippen LogP contribution in [-0.2, 0) is 6.54 Å². The fraction of sp³-hybridized carbons (Fsp3) is 0.167. The zero-order valence-electron chi connectivity index (χ0n) is 9.85. The van der Waals surface area contributed by atoms with Crippen LogP contribution in [0.25, 0.3) is 5.69 Å². The van der Waals surface area contributed by atoms with Crippen LogP contribution in [0.4, 0.5) is 4.39 Å². The zero-order chi connectivity index (χ0) is 13.1. The molecule has 0 bridgehead atoms. The largest absolute Gasteiger partial charge is 0.354 e. The summed E-state index contributed by atoms with van der Waals surface area (Å²) in [5.41, 5.74) is 6.65. The Bertz CT molecular complexity index is 579. The van der Waals surface area contributed by atoms with Crippen LogP contribution in [0.3, 0.4) is 0 Å². The minimum Gasteiger partial charge on any atom is -0.354 e. The lowest BCUT2D eigenvalue weighted by Gasteiger charge is -2.04. The molecule has 94 valence electrons. The number of carbonyl (C=O) groups excluding carboxylic acids is 1. The quantitative estimate of drug-likeness (QED) is 0.845. The number of nitrogens with one attached hydrogen (secondary N) is 1. The number of rotatable bonds is 3. The van der Waals surface area contributed by atoms with Crippen molar-refractivity contribution in [1.29, 1.82) is 0 Å². The van der Waals surface area contributed by atoms with Crippen molar-refractivity contribution in [2.75, 3.05) is 7.05 Å². The highest BCUT2D eigenvalue weighted by Gasteiger charge is 2.10. The first kappa shape index (κ1) is 12.3.